The fourth-order valence-corrected chi connectivity index (χ4v) is 2.06. The molecule has 2 rings (SSSR count). The van der Waals surface area contributed by atoms with Crippen LogP contribution in [0.25, 0.3) is 0 Å². The van der Waals surface area contributed by atoms with Crippen LogP contribution in [0.3, 0.4) is 0 Å². The van der Waals surface area contributed by atoms with E-state index in [0.29, 0.717) is 30.8 Å². The molecule has 0 saturated heterocycles. The highest BCUT2D eigenvalue weighted by Crippen LogP contribution is 2.22. The first-order valence-electron chi connectivity index (χ1n) is 8.39. The lowest BCUT2D eigenvalue weighted by molar-refractivity contribution is 0.379. The van der Waals surface area contributed by atoms with Crippen molar-refractivity contribution < 1.29 is 9.15 Å². The van der Waals surface area contributed by atoms with Gasteiger partial charge in [-0.3, -0.25) is 0 Å². The molecule has 0 fully saturated rings. The molecule has 0 atom stereocenters. The summed E-state index contributed by atoms with van der Waals surface area (Å²) in [6.45, 7) is 9.98. The Morgan fingerprint density at radius 1 is 1.28 bits per heavy atom. The van der Waals surface area contributed by atoms with Crippen molar-refractivity contribution in [3.05, 3.63) is 41.7 Å². The average molecular weight is 345 g/mol. The molecule has 136 valence electrons. The lowest BCUT2D eigenvalue weighted by atomic mass is 9.94. The topological polar surface area (TPSA) is 84.6 Å². The average Bonchev–Trinajstić information content (AvgIpc) is 3.07. The van der Waals surface area contributed by atoms with E-state index in [9.17, 15) is 0 Å². The second kappa shape index (κ2) is 8.50. The number of guanidine groups is 1. The third kappa shape index (κ3) is 5.77. The first-order chi connectivity index (χ1) is 11.9. The standard InChI is InChI=1S/C18H27N5O2/c1-6-19-17(21-10-13-8-7-9-15(23-13)24-5)22-12-16-20-11-14(25-16)18(2,3)4/h7-9,11H,6,10,12H2,1-5H3,(H2,19,21,22). The smallest absolute Gasteiger partial charge is 0.213 e. The third-order valence-corrected chi connectivity index (χ3v) is 3.43. The van der Waals surface area contributed by atoms with E-state index in [1.165, 1.54) is 0 Å². The maximum absolute atomic E-state index is 5.78. The number of ether oxygens (including phenoxy) is 1. The Morgan fingerprint density at radius 2 is 2.08 bits per heavy atom. The summed E-state index contributed by atoms with van der Waals surface area (Å²) < 4.78 is 10.9. The molecule has 0 amide bonds. The van der Waals surface area contributed by atoms with E-state index >= 15 is 0 Å². The fourth-order valence-electron chi connectivity index (χ4n) is 2.06. The lowest BCUT2D eigenvalue weighted by Gasteiger charge is -2.13. The van der Waals surface area contributed by atoms with Crippen LogP contribution < -0.4 is 15.4 Å². The van der Waals surface area contributed by atoms with Crippen LogP contribution >= 0.6 is 0 Å². The molecule has 0 radical (unpaired) electrons. The molecule has 0 aliphatic carbocycles. The van der Waals surface area contributed by atoms with Crippen LogP contribution in [-0.2, 0) is 18.5 Å². The number of aromatic nitrogens is 2. The monoisotopic (exact) mass is 345 g/mol. The third-order valence-electron chi connectivity index (χ3n) is 3.43. The van der Waals surface area contributed by atoms with Crippen molar-refractivity contribution in [2.24, 2.45) is 4.99 Å². The number of aliphatic imine (C=N–C) groups is 1. The number of methoxy groups -OCH3 is 1. The molecule has 0 aliphatic heterocycles. The van der Waals surface area contributed by atoms with E-state index in [1.807, 2.05) is 25.1 Å². The normalized spacial score (nSPS) is 12.1. The summed E-state index contributed by atoms with van der Waals surface area (Å²) in [6, 6.07) is 5.63. The number of nitrogens with zero attached hydrogens (tertiary/aromatic N) is 3. The maximum atomic E-state index is 5.78. The molecular weight excluding hydrogens is 318 g/mol. The fraction of sp³-hybridized carbons (Fsp3) is 0.500. The zero-order valence-corrected chi connectivity index (χ0v) is 15.6. The van der Waals surface area contributed by atoms with Gasteiger partial charge in [-0.15, -0.1) is 0 Å². The highest BCUT2D eigenvalue weighted by molar-refractivity contribution is 5.79. The van der Waals surface area contributed by atoms with Gasteiger partial charge in [0, 0.05) is 18.0 Å². The van der Waals surface area contributed by atoms with Gasteiger partial charge in [0.15, 0.2) is 5.96 Å². The molecule has 2 aromatic heterocycles. The van der Waals surface area contributed by atoms with Crippen molar-refractivity contribution >= 4 is 5.96 Å². The Kier molecular flexibility index (Phi) is 6.38. The Labute approximate surface area is 148 Å². The van der Waals surface area contributed by atoms with Gasteiger partial charge in [0.2, 0.25) is 11.8 Å². The second-order valence-electron chi connectivity index (χ2n) is 6.59. The molecular formula is C18H27N5O2. The van der Waals surface area contributed by atoms with Gasteiger partial charge in [-0.05, 0) is 13.0 Å². The largest absolute Gasteiger partial charge is 0.481 e. The van der Waals surface area contributed by atoms with E-state index < -0.39 is 0 Å². The summed E-state index contributed by atoms with van der Waals surface area (Å²) >= 11 is 0. The summed E-state index contributed by atoms with van der Waals surface area (Å²) in [4.78, 5) is 13.2. The van der Waals surface area contributed by atoms with E-state index in [-0.39, 0.29) is 5.41 Å². The summed E-state index contributed by atoms with van der Waals surface area (Å²) in [7, 11) is 1.60. The minimum atomic E-state index is -0.0537. The molecule has 0 saturated carbocycles. The van der Waals surface area contributed by atoms with Crippen LogP contribution in [-0.4, -0.2) is 29.6 Å². The molecule has 2 N–H and O–H groups in total. The van der Waals surface area contributed by atoms with Crippen LogP contribution in [0.15, 0.2) is 33.8 Å². The van der Waals surface area contributed by atoms with Gasteiger partial charge in [-0.1, -0.05) is 26.8 Å². The van der Waals surface area contributed by atoms with Crippen LogP contribution in [0, 0.1) is 0 Å². The van der Waals surface area contributed by atoms with E-state index in [0.717, 1.165) is 18.0 Å². The molecule has 2 heterocycles. The Bertz CT molecular complexity index is 703. The number of hydrogen-bond donors (Lipinski definition) is 2. The molecule has 0 aliphatic rings. The molecule has 7 nitrogen and oxygen atoms in total. The van der Waals surface area contributed by atoms with Crippen molar-refractivity contribution in [3.63, 3.8) is 0 Å². The van der Waals surface area contributed by atoms with E-state index in [2.05, 4.69) is 46.4 Å². The van der Waals surface area contributed by atoms with Gasteiger partial charge in [0.1, 0.15) is 5.76 Å². The lowest BCUT2D eigenvalue weighted by Crippen LogP contribution is -2.36. The summed E-state index contributed by atoms with van der Waals surface area (Å²) in [5.41, 5.74) is 0.782. The number of rotatable bonds is 6. The molecule has 7 heteroatoms. The maximum Gasteiger partial charge on any atom is 0.213 e. The molecule has 0 spiro atoms. The van der Waals surface area contributed by atoms with Crippen molar-refractivity contribution in [2.75, 3.05) is 13.7 Å². The quantitative estimate of drug-likeness (QED) is 0.618. The van der Waals surface area contributed by atoms with Crippen molar-refractivity contribution in [1.82, 2.24) is 20.6 Å². The molecule has 0 aromatic carbocycles. The predicted octanol–water partition coefficient (Wildman–Crippen LogP) is 2.63. The molecule has 0 unspecified atom stereocenters. The van der Waals surface area contributed by atoms with Gasteiger partial charge in [0.05, 0.1) is 32.1 Å². The van der Waals surface area contributed by atoms with E-state index in [1.54, 1.807) is 13.3 Å². The second-order valence-corrected chi connectivity index (χ2v) is 6.59. The minimum Gasteiger partial charge on any atom is -0.481 e. The summed E-state index contributed by atoms with van der Waals surface area (Å²) in [6.07, 6.45) is 1.78. The molecule has 25 heavy (non-hydrogen) atoms. The SMILES string of the molecule is CCNC(=NCc1cccc(OC)n1)NCc1ncc(C(C)(C)C)o1. The Balaban J connectivity index is 1.98. The zero-order valence-electron chi connectivity index (χ0n) is 15.6. The van der Waals surface area contributed by atoms with E-state index in [4.69, 9.17) is 9.15 Å². The first kappa shape index (κ1) is 18.8. The van der Waals surface area contributed by atoms with Crippen molar-refractivity contribution in [2.45, 2.75) is 46.2 Å². The van der Waals surface area contributed by atoms with Crippen molar-refractivity contribution in [1.29, 1.82) is 0 Å². The van der Waals surface area contributed by atoms with Crippen LogP contribution in [0.5, 0.6) is 5.88 Å². The predicted molar refractivity (Wildman–Crippen MR) is 97.6 cm³/mol. The van der Waals surface area contributed by atoms with Crippen LogP contribution in [0.2, 0.25) is 0 Å². The highest BCUT2D eigenvalue weighted by atomic mass is 16.5. The number of nitrogens with one attached hydrogen (secondary N) is 2. The minimum absolute atomic E-state index is 0.0537. The molecule has 2 aromatic rings. The number of pyridine rings is 1. The number of oxazole rings is 1. The Morgan fingerprint density at radius 3 is 2.72 bits per heavy atom. The zero-order chi connectivity index (χ0) is 18.3. The van der Waals surface area contributed by atoms with Crippen LogP contribution in [0.4, 0.5) is 0 Å². The summed E-state index contributed by atoms with van der Waals surface area (Å²) in [5, 5.41) is 6.42. The molecule has 0 bridgehead atoms. The number of hydrogen-bond acceptors (Lipinski definition) is 5. The first-order valence-corrected chi connectivity index (χ1v) is 8.39. The van der Waals surface area contributed by atoms with Crippen molar-refractivity contribution in [3.8, 4) is 5.88 Å². The van der Waals surface area contributed by atoms with Gasteiger partial charge in [-0.25, -0.2) is 15.0 Å². The van der Waals surface area contributed by atoms with Gasteiger partial charge >= 0.3 is 0 Å². The van der Waals surface area contributed by atoms with Gasteiger partial charge in [-0.2, -0.15) is 0 Å². The van der Waals surface area contributed by atoms with Gasteiger partial charge < -0.3 is 19.8 Å². The van der Waals surface area contributed by atoms with Crippen LogP contribution in [0.1, 0.15) is 45.0 Å². The summed E-state index contributed by atoms with van der Waals surface area (Å²) in [5.74, 6) is 2.77. The van der Waals surface area contributed by atoms with Gasteiger partial charge in [0.25, 0.3) is 0 Å². The highest BCUT2D eigenvalue weighted by Gasteiger charge is 2.19. The Hall–Kier alpha value is -2.57.